The summed E-state index contributed by atoms with van der Waals surface area (Å²) in [6.45, 7) is 7.23. The molecule has 0 radical (unpaired) electrons. The molecule has 6 nitrogen and oxygen atoms in total. The van der Waals surface area contributed by atoms with E-state index in [2.05, 4.69) is 5.32 Å². The third-order valence-corrected chi connectivity index (χ3v) is 4.87. The normalized spacial score (nSPS) is 15.3. The summed E-state index contributed by atoms with van der Waals surface area (Å²) in [5.74, 6) is 0.654. The summed E-state index contributed by atoms with van der Waals surface area (Å²) in [7, 11) is 0. The number of nitrogens with zero attached hydrogens (tertiary/aromatic N) is 1. The van der Waals surface area contributed by atoms with Gasteiger partial charge in [-0.05, 0) is 43.2 Å². The lowest BCUT2D eigenvalue weighted by Gasteiger charge is -2.31. The third kappa shape index (κ3) is 5.08. The zero-order chi connectivity index (χ0) is 19.2. The van der Waals surface area contributed by atoms with E-state index in [0.717, 1.165) is 29.9 Å². The first-order valence-electron chi connectivity index (χ1n) is 9.23. The van der Waals surface area contributed by atoms with Crippen LogP contribution in [0.4, 0.5) is 5.69 Å². The van der Waals surface area contributed by atoms with Crippen molar-refractivity contribution in [2.24, 2.45) is 0 Å². The monoisotopic (exact) mass is 368 g/mol. The van der Waals surface area contributed by atoms with E-state index in [1.54, 1.807) is 24.5 Å². The van der Waals surface area contributed by atoms with Crippen molar-refractivity contribution < 1.29 is 18.9 Å². The van der Waals surface area contributed by atoms with Gasteiger partial charge < -0.3 is 19.5 Å². The number of carbonyl (C=O) groups excluding carboxylic acids is 2. The van der Waals surface area contributed by atoms with Crippen LogP contribution in [0.2, 0.25) is 0 Å². The molecule has 0 saturated carbocycles. The van der Waals surface area contributed by atoms with Gasteiger partial charge in [-0.1, -0.05) is 18.2 Å². The lowest BCUT2D eigenvalue weighted by atomic mass is 10.1. The molecule has 27 heavy (non-hydrogen) atoms. The Hall–Kier alpha value is -2.86. The molecular formula is C21H26N3O3+. The highest BCUT2D eigenvalue weighted by atomic mass is 16.3. The lowest BCUT2D eigenvalue weighted by Crippen LogP contribution is -3.15. The third-order valence-electron chi connectivity index (χ3n) is 4.87. The maximum Gasteiger partial charge on any atom is 0.279 e. The zero-order valence-electron chi connectivity index (χ0n) is 15.8. The highest BCUT2D eigenvalue weighted by molar-refractivity contribution is 5.93. The van der Waals surface area contributed by atoms with E-state index in [9.17, 15) is 9.59 Å². The first-order chi connectivity index (χ1) is 13.0. The maximum atomic E-state index is 12.4. The molecule has 2 aromatic rings. The number of para-hydroxylation sites is 1. The number of piperazine rings is 1. The van der Waals surface area contributed by atoms with Gasteiger partial charge >= 0.3 is 0 Å². The number of hydrogen-bond acceptors (Lipinski definition) is 3. The van der Waals surface area contributed by atoms with Gasteiger partial charge in [0.15, 0.2) is 6.54 Å². The number of furan rings is 1. The van der Waals surface area contributed by atoms with Crippen molar-refractivity contribution in [3.63, 3.8) is 0 Å². The van der Waals surface area contributed by atoms with Crippen LogP contribution in [0.15, 0.2) is 47.1 Å². The van der Waals surface area contributed by atoms with E-state index in [0.29, 0.717) is 25.4 Å². The summed E-state index contributed by atoms with van der Waals surface area (Å²) in [5.41, 5.74) is 3.04. The Balaban J connectivity index is 1.46. The van der Waals surface area contributed by atoms with E-state index in [-0.39, 0.29) is 11.8 Å². The molecule has 1 saturated heterocycles. The van der Waals surface area contributed by atoms with E-state index >= 15 is 0 Å². The molecular weight excluding hydrogens is 342 g/mol. The van der Waals surface area contributed by atoms with Gasteiger partial charge in [0, 0.05) is 11.8 Å². The quantitative estimate of drug-likeness (QED) is 0.782. The second-order valence-corrected chi connectivity index (χ2v) is 6.92. The molecule has 6 heteroatoms. The molecule has 3 rings (SSSR count). The molecule has 2 heterocycles. The Morgan fingerprint density at radius 3 is 2.48 bits per heavy atom. The molecule has 1 fully saturated rings. The molecule has 1 aliphatic rings. The predicted octanol–water partition coefficient (Wildman–Crippen LogP) is 1.28. The Morgan fingerprint density at radius 2 is 1.85 bits per heavy atom. The molecule has 1 aliphatic heterocycles. The minimum atomic E-state index is -0.0227. The second-order valence-electron chi connectivity index (χ2n) is 6.92. The number of benzene rings is 1. The summed E-state index contributed by atoms with van der Waals surface area (Å²) in [6.07, 6.45) is 4.80. The van der Waals surface area contributed by atoms with Crippen LogP contribution in [0.3, 0.4) is 0 Å². The Morgan fingerprint density at radius 1 is 1.15 bits per heavy atom. The average Bonchev–Trinajstić information content (AvgIpc) is 3.17. The van der Waals surface area contributed by atoms with Crippen molar-refractivity contribution >= 4 is 23.6 Å². The second kappa shape index (κ2) is 8.68. The van der Waals surface area contributed by atoms with Crippen LogP contribution in [0.1, 0.15) is 16.9 Å². The number of quaternary nitrogens is 1. The molecule has 0 aliphatic carbocycles. The van der Waals surface area contributed by atoms with Gasteiger partial charge in [0.05, 0.1) is 32.4 Å². The summed E-state index contributed by atoms with van der Waals surface area (Å²) in [6, 6.07) is 9.57. The van der Waals surface area contributed by atoms with Crippen molar-refractivity contribution in [3.05, 3.63) is 59.6 Å². The van der Waals surface area contributed by atoms with Crippen LogP contribution in [0.25, 0.3) is 6.08 Å². The summed E-state index contributed by atoms with van der Waals surface area (Å²) >= 11 is 0. The van der Waals surface area contributed by atoms with Crippen LogP contribution in [0, 0.1) is 13.8 Å². The van der Waals surface area contributed by atoms with Crippen LogP contribution >= 0.6 is 0 Å². The van der Waals surface area contributed by atoms with Gasteiger partial charge in [-0.15, -0.1) is 0 Å². The van der Waals surface area contributed by atoms with Crippen molar-refractivity contribution in [2.45, 2.75) is 13.8 Å². The van der Waals surface area contributed by atoms with E-state index in [4.69, 9.17) is 4.42 Å². The minimum absolute atomic E-state index is 0.0138. The van der Waals surface area contributed by atoms with E-state index in [1.807, 2.05) is 36.9 Å². The first-order valence-corrected chi connectivity index (χ1v) is 9.23. The van der Waals surface area contributed by atoms with Gasteiger partial charge in [0.25, 0.3) is 5.91 Å². The molecule has 0 atom stereocenters. The molecule has 2 N–H and O–H groups in total. The van der Waals surface area contributed by atoms with Crippen molar-refractivity contribution in [3.8, 4) is 0 Å². The minimum Gasteiger partial charge on any atom is -0.465 e. The zero-order valence-corrected chi connectivity index (χ0v) is 15.8. The molecule has 0 bridgehead atoms. The molecule has 0 unspecified atom stereocenters. The maximum absolute atomic E-state index is 12.4. The number of carbonyl (C=O) groups is 2. The standard InChI is InChI=1S/C21H25N3O3/c1-16-5-3-6-17(2)21(16)22-19(25)15-23-10-12-24(13-11-23)20(26)9-8-18-7-4-14-27-18/h3-9,14H,10-13,15H2,1-2H3,(H,22,25)/p+1/b9-8+. The van der Waals surface area contributed by atoms with Crippen LogP contribution in [-0.2, 0) is 9.59 Å². The molecule has 142 valence electrons. The van der Waals surface area contributed by atoms with Crippen LogP contribution in [-0.4, -0.2) is 49.4 Å². The SMILES string of the molecule is Cc1cccc(C)c1NC(=O)C[NH+]1CCN(C(=O)/C=C/c2ccco2)CC1. The summed E-state index contributed by atoms with van der Waals surface area (Å²) < 4.78 is 5.19. The van der Waals surface area contributed by atoms with E-state index < -0.39 is 0 Å². The smallest absolute Gasteiger partial charge is 0.279 e. The number of nitrogens with one attached hydrogen (secondary N) is 2. The highest BCUT2D eigenvalue weighted by Crippen LogP contribution is 2.18. The number of anilines is 1. The van der Waals surface area contributed by atoms with Crippen LogP contribution < -0.4 is 10.2 Å². The predicted molar refractivity (Wildman–Crippen MR) is 104 cm³/mol. The number of amides is 2. The Kier molecular flexibility index (Phi) is 6.08. The van der Waals surface area contributed by atoms with Crippen molar-refractivity contribution in [1.29, 1.82) is 0 Å². The van der Waals surface area contributed by atoms with Gasteiger partial charge in [-0.3, -0.25) is 9.59 Å². The van der Waals surface area contributed by atoms with Gasteiger partial charge in [-0.25, -0.2) is 0 Å². The lowest BCUT2D eigenvalue weighted by molar-refractivity contribution is -0.895. The van der Waals surface area contributed by atoms with Gasteiger partial charge in [0.1, 0.15) is 5.76 Å². The largest absolute Gasteiger partial charge is 0.465 e. The fraction of sp³-hybridized carbons (Fsp3) is 0.333. The Labute approximate surface area is 159 Å². The first kappa shape index (κ1) is 18.9. The average molecular weight is 368 g/mol. The molecule has 1 aromatic carbocycles. The molecule has 2 amide bonds. The topological polar surface area (TPSA) is 67.0 Å². The van der Waals surface area contributed by atoms with Gasteiger partial charge in [0.2, 0.25) is 5.91 Å². The van der Waals surface area contributed by atoms with E-state index in [1.165, 1.54) is 11.0 Å². The highest BCUT2D eigenvalue weighted by Gasteiger charge is 2.24. The number of rotatable bonds is 5. The van der Waals surface area contributed by atoms with Gasteiger partial charge in [-0.2, -0.15) is 0 Å². The number of aryl methyl sites for hydroxylation is 2. The summed E-state index contributed by atoms with van der Waals surface area (Å²) in [4.78, 5) is 27.7. The summed E-state index contributed by atoms with van der Waals surface area (Å²) in [5, 5.41) is 3.03. The fourth-order valence-electron chi connectivity index (χ4n) is 3.29. The fourth-order valence-corrected chi connectivity index (χ4v) is 3.29. The van der Waals surface area contributed by atoms with Crippen molar-refractivity contribution in [1.82, 2.24) is 4.90 Å². The molecule has 0 spiro atoms. The van der Waals surface area contributed by atoms with Crippen LogP contribution in [0.5, 0.6) is 0 Å². The number of hydrogen-bond donors (Lipinski definition) is 2. The van der Waals surface area contributed by atoms with Crippen molar-refractivity contribution in [2.75, 3.05) is 38.0 Å². The molecule has 1 aromatic heterocycles. The Bertz CT molecular complexity index is 799.